The topological polar surface area (TPSA) is 0 Å². The minimum atomic E-state index is 0.469. The molecular weight excluding hydrogens is 340 g/mol. The molecule has 5 rings (SSSR count). The molecule has 1 atom stereocenters. The minimum Gasteiger partial charge on any atom is -0.146 e. The average Bonchev–Trinajstić information content (AvgIpc) is 2.72. The molecule has 4 fully saturated rings. The fourth-order valence-corrected chi connectivity index (χ4v) is 8.10. The summed E-state index contributed by atoms with van der Waals surface area (Å²) >= 11 is 12.0. The van der Waals surface area contributed by atoms with E-state index in [1.54, 1.807) is 0 Å². The molecule has 4 bridgehead atoms. The molecule has 0 saturated heterocycles. The number of hydrogen-bond acceptors (Lipinski definition) is 1. The number of alkyl halides is 1. The fourth-order valence-electron chi connectivity index (χ4n) is 5.54. The molecule has 0 aromatic carbocycles. The van der Waals surface area contributed by atoms with E-state index in [2.05, 4.69) is 21.3 Å². The molecule has 3 heteroatoms. The molecule has 0 N–H and O–H groups in total. The van der Waals surface area contributed by atoms with E-state index in [4.69, 9.17) is 11.6 Å². The normalized spacial score (nSPS) is 41.7. The molecule has 4 aliphatic carbocycles. The van der Waals surface area contributed by atoms with Crippen LogP contribution >= 0.6 is 38.9 Å². The maximum Gasteiger partial charge on any atom is 0.0556 e. The monoisotopic (exact) mass is 358 g/mol. The van der Waals surface area contributed by atoms with Crippen LogP contribution in [0.1, 0.15) is 54.7 Å². The molecule has 1 unspecified atom stereocenters. The van der Waals surface area contributed by atoms with E-state index in [0.29, 0.717) is 10.2 Å². The summed E-state index contributed by atoms with van der Waals surface area (Å²) in [5.74, 6) is 3.14. The smallest absolute Gasteiger partial charge is 0.0556 e. The lowest BCUT2D eigenvalue weighted by Crippen LogP contribution is -2.46. The van der Waals surface area contributed by atoms with Crippen LogP contribution in [0.25, 0.3) is 0 Å². The molecule has 0 amide bonds. The second kappa shape index (κ2) is 4.74. The molecule has 0 radical (unpaired) electrons. The van der Waals surface area contributed by atoms with Crippen molar-refractivity contribution in [3.8, 4) is 0 Å². The van der Waals surface area contributed by atoms with E-state index in [9.17, 15) is 0 Å². The third-order valence-corrected chi connectivity index (χ3v) is 8.26. The van der Waals surface area contributed by atoms with E-state index < -0.39 is 0 Å². The highest BCUT2D eigenvalue weighted by Crippen LogP contribution is 2.63. The van der Waals surface area contributed by atoms with Gasteiger partial charge in [-0.2, -0.15) is 0 Å². The summed E-state index contributed by atoms with van der Waals surface area (Å²) in [6, 6.07) is 2.04. The first-order valence-corrected chi connectivity index (χ1v) is 9.68. The van der Waals surface area contributed by atoms with E-state index in [0.717, 1.165) is 22.8 Å². The molecule has 0 nitrogen and oxygen atoms in total. The van der Waals surface area contributed by atoms with E-state index >= 15 is 0 Å². The SMILES string of the molecule is Clc1ccsc1C(Br)CC12CC3CC(CC(C3)C1)C2. The zero-order valence-corrected chi connectivity index (χ0v) is 14.2. The Balaban J connectivity index is 1.55. The minimum absolute atomic E-state index is 0.469. The quantitative estimate of drug-likeness (QED) is 0.544. The zero-order valence-electron chi connectivity index (χ0n) is 11.1. The van der Waals surface area contributed by atoms with Gasteiger partial charge in [-0.1, -0.05) is 27.5 Å². The molecule has 19 heavy (non-hydrogen) atoms. The van der Waals surface area contributed by atoms with Crippen molar-refractivity contribution in [3.05, 3.63) is 21.3 Å². The van der Waals surface area contributed by atoms with Crippen LogP contribution in [-0.4, -0.2) is 0 Å². The Bertz CT molecular complexity index is 446. The van der Waals surface area contributed by atoms with Gasteiger partial charge in [0.2, 0.25) is 0 Å². The molecule has 1 aromatic rings. The van der Waals surface area contributed by atoms with Crippen LogP contribution in [0.4, 0.5) is 0 Å². The van der Waals surface area contributed by atoms with Crippen molar-refractivity contribution in [3.63, 3.8) is 0 Å². The van der Waals surface area contributed by atoms with Crippen molar-refractivity contribution >= 4 is 38.9 Å². The van der Waals surface area contributed by atoms with Gasteiger partial charge in [-0.3, -0.25) is 0 Å². The van der Waals surface area contributed by atoms with Gasteiger partial charge < -0.3 is 0 Å². The van der Waals surface area contributed by atoms with Crippen LogP contribution in [-0.2, 0) is 0 Å². The molecule has 4 saturated carbocycles. The van der Waals surface area contributed by atoms with Gasteiger partial charge in [-0.15, -0.1) is 11.3 Å². The highest BCUT2D eigenvalue weighted by atomic mass is 79.9. The summed E-state index contributed by atoms with van der Waals surface area (Å²) in [5.41, 5.74) is 0.635. The highest BCUT2D eigenvalue weighted by molar-refractivity contribution is 9.09. The van der Waals surface area contributed by atoms with Gasteiger partial charge in [-0.05, 0) is 79.6 Å². The summed E-state index contributed by atoms with van der Waals surface area (Å²) < 4.78 is 0. The van der Waals surface area contributed by atoms with Gasteiger partial charge in [0.1, 0.15) is 0 Å². The Morgan fingerprint density at radius 3 is 2.26 bits per heavy atom. The summed E-state index contributed by atoms with van der Waals surface area (Å²) in [6.07, 6.45) is 10.4. The van der Waals surface area contributed by atoms with Crippen LogP contribution < -0.4 is 0 Å². The number of rotatable bonds is 3. The first kappa shape index (κ1) is 13.2. The van der Waals surface area contributed by atoms with Crippen LogP contribution in [0.3, 0.4) is 0 Å². The van der Waals surface area contributed by atoms with Crippen molar-refractivity contribution in [1.29, 1.82) is 0 Å². The molecule has 104 valence electrons. The van der Waals surface area contributed by atoms with Crippen LogP contribution in [0.15, 0.2) is 11.4 Å². The lowest BCUT2D eigenvalue weighted by atomic mass is 9.48. The predicted octanol–water partition coefficient (Wildman–Crippen LogP) is 6.44. The first-order chi connectivity index (χ1) is 9.13. The summed E-state index contributed by atoms with van der Waals surface area (Å²) in [5, 5.41) is 3.07. The van der Waals surface area contributed by atoms with Gasteiger partial charge in [0.05, 0.1) is 9.85 Å². The Kier molecular flexibility index (Phi) is 3.28. The second-order valence-corrected chi connectivity index (χ2v) is 9.68. The largest absolute Gasteiger partial charge is 0.146 e. The van der Waals surface area contributed by atoms with Crippen molar-refractivity contribution in [2.24, 2.45) is 23.2 Å². The standard InChI is InChI=1S/C16H20BrClS/c17-13(15-14(18)1-2-19-15)9-16-6-10-3-11(7-16)5-12(4-10)8-16/h1-2,10-13H,3-9H2. The van der Waals surface area contributed by atoms with Gasteiger partial charge in [0, 0.05) is 4.88 Å². The van der Waals surface area contributed by atoms with Crippen LogP contribution in [0.2, 0.25) is 5.02 Å². The third-order valence-electron chi connectivity index (χ3n) is 5.71. The van der Waals surface area contributed by atoms with Crippen LogP contribution in [0.5, 0.6) is 0 Å². The highest BCUT2D eigenvalue weighted by Gasteiger charge is 2.51. The van der Waals surface area contributed by atoms with Crippen molar-refractivity contribution < 1.29 is 0 Å². The second-order valence-electron chi connectivity index (χ2n) is 7.22. The maximum absolute atomic E-state index is 6.30. The van der Waals surface area contributed by atoms with Crippen molar-refractivity contribution in [2.75, 3.05) is 0 Å². The number of halogens is 2. The summed E-state index contributed by atoms with van der Waals surface area (Å²) in [6.45, 7) is 0. The Morgan fingerprint density at radius 1 is 1.21 bits per heavy atom. The van der Waals surface area contributed by atoms with Crippen molar-refractivity contribution in [1.82, 2.24) is 0 Å². The Morgan fingerprint density at radius 2 is 1.79 bits per heavy atom. The van der Waals surface area contributed by atoms with E-state index in [-0.39, 0.29) is 0 Å². The van der Waals surface area contributed by atoms with Gasteiger partial charge in [-0.25, -0.2) is 0 Å². The molecule has 4 aliphatic rings. The van der Waals surface area contributed by atoms with Crippen LogP contribution in [0, 0.1) is 23.2 Å². The molecule has 1 heterocycles. The summed E-state index contributed by atoms with van der Waals surface area (Å²) in [4.78, 5) is 1.81. The predicted molar refractivity (Wildman–Crippen MR) is 86.2 cm³/mol. The van der Waals surface area contributed by atoms with E-state index in [1.165, 1.54) is 49.8 Å². The van der Waals surface area contributed by atoms with Gasteiger partial charge in [0.15, 0.2) is 0 Å². The molecular formula is C16H20BrClS. The third kappa shape index (κ3) is 2.32. The van der Waals surface area contributed by atoms with Crippen molar-refractivity contribution in [2.45, 2.75) is 49.8 Å². The number of thiophene rings is 1. The molecule has 0 spiro atoms. The molecule has 1 aromatic heterocycles. The Hall–Kier alpha value is 0.470. The molecule has 0 aliphatic heterocycles. The zero-order chi connectivity index (χ0) is 13.0. The fraction of sp³-hybridized carbons (Fsp3) is 0.750. The lowest BCUT2D eigenvalue weighted by Gasteiger charge is -2.57. The van der Waals surface area contributed by atoms with Gasteiger partial charge >= 0.3 is 0 Å². The van der Waals surface area contributed by atoms with Gasteiger partial charge in [0.25, 0.3) is 0 Å². The maximum atomic E-state index is 6.30. The average molecular weight is 360 g/mol. The Labute approximate surface area is 133 Å². The summed E-state index contributed by atoms with van der Waals surface area (Å²) in [7, 11) is 0. The van der Waals surface area contributed by atoms with E-state index in [1.807, 2.05) is 17.4 Å². The lowest BCUT2D eigenvalue weighted by molar-refractivity contribution is -0.0570. The first-order valence-electron chi connectivity index (χ1n) is 7.50. The number of hydrogen-bond donors (Lipinski definition) is 0.